The van der Waals surface area contributed by atoms with E-state index in [0.29, 0.717) is 6.54 Å². The third kappa shape index (κ3) is 5.00. The quantitative estimate of drug-likeness (QED) is 0.758. The molecule has 3 heteroatoms. The average Bonchev–Trinajstić information content (AvgIpc) is 2.37. The maximum absolute atomic E-state index is 11.9. The van der Waals surface area contributed by atoms with Gasteiger partial charge >= 0.3 is 0 Å². The Kier molecular flexibility index (Phi) is 6.33. The zero-order chi connectivity index (χ0) is 12.5. The molecule has 17 heavy (non-hydrogen) atoms. The van der Waals surface area contributed by atoms with Gasteiger partial charge in [0.15, 0.2) is 0 Å². The normalized spacial score (nSPS) is 12.1. The van der Waals surface area contributed by atoms with E-state index in [0.717, 1.165) is 24.9 Å². The largest absolute Gasteiger partial charge is 0.351 e. The fourth-order valence-electron chi connectivity index (χ4n) is 1.77. The topological polar surface area (TPSA) is 41.1 Å². The van der Waals surface area contributed by atoms with E-state index in [1.54, 1.807) is 0 Å². The Labute approximate surface area is 104 Å². The van der Waals surface area contributed by atoms with Gasteiger partial charge in [0.05, 0.1) is 6.04 Å². The van der Waals surface area contributed by atoms with Crippen LogP contribution in [0, 0.1) is 0 Å². The molecule has 1 aromatic rings. The molecule has 0 spiro atoms. The summed E-state index contributed by atoms with van der Waals surface area (Å²) in [6, 6.07) is 9.91. The summed E-state index contributed by atoms with van der Waals surface area (Å²) in [5.41, 5.74) is 1.13. The van der Waals surface area contributed by atoms with Gasteiger partial charge in [0.1, 0.15) is 0 Å². The van der Waals surface area contributed by atoms with Crippen molar-refractivity contribution in [1.82, 2.24) is 10.6 Å². The zero-order valence-electron chi connectivity index (χ0n) is 10.7. The molecule has 0 fully saturated rings. The summed E-state index contributed by atoms with van der Waals surface area (Å²) >= 11 is 0. The first-order chi connectivity index (χ1) is 8.27. The summed E-state index contributed by atoms with van der Waals surface area (Å²) in [4.78, 5) is 11.9. The highest BCUT2D eigenvalue weighted by atomic mass is 16.2. The van der Waals surface area contributed by atoms with Gasteiger partial charge in [-0.2, -0.15) is 0 Å². The van der Waals surface area contributed by atoms with Crippen LogP contribution in [0.4, 0.5) is 0 Å². The summed E-state index contributed by atoms with van der Waals surface area (Å²) in [7, 11) is 0. The first kappa shape index (κ1) is 13.7. The summed E-state index contributed by atoms with van der Waals surface area (Å²) in [6.07, 6.45) is 1.89. The van der Waals surface area contributed by atoms with E-state index < -0.39 is 0 Å². The monoisotopic (exact) mass is 234 g/mol. The molecule has 0 aliphatic rings. The van der Waals surface area contributed by atoms with Gasteiger partial charge in [-0.3, -0.25) is 4.79 Å². The Morgan fingerprint density at radius 2 is 1.94 bits per heavy atom. The molecular weight excluding hydrogens is 212 g/mol. The lowest BCUT2D eigenvalue weighted by Gasteiger charge is -2.16. The molecule has 0 radical (unpaired) electrons. The van der Waals surface area contributed by atoms with Crippen LogP contribution >= 0.6 is 0 Å². The smallest absolute Gasteiger partial charge is 0.237 e. The molecule has 1 unspecified atom stereocenters. The molecule has 2 N–H and O–H groups in total. The number of benzene rings is 1. The second kappa shape index (κ2) is 7.85. The van der Waals surface area contributed by atoms with Gasteiger partial charge in [0.25, 0.3) is 0 Å². The minimum Gasteiger partial charge on any atom is -0.351 e. The van der Waals surface area contributed by atoms with Gasteiger partial charge in [-0.05, 0) is 18.5 Å². The molecule has 0 aromatic heterocycles. The number of hydrogen-bond donors (Lipinski definition) is 2. The number of carbonyl (C=O) groups excluding carboxylic acids is 1. The average molecular weight is 234 g/mol. The Hall–Kier alpha value is -1.35. The number of hydrogen-bond acceptors (Lipinski definition) is 2. The van der Waals surface area contributed by atoms with Crippen LogP contribution in [0.1, 0.15) is 32.3 Å². The standard InChI is InChI=1S/C14H22N2O/c1-3-8-13(15-4-2)14(17)16-11-12-9-6-5-7-10-12/h5-7,9-10,13,15H,3-4,8,11H2,1-2H3,(H,16,17). The fourth-order valence-corrected chi connectivity index (χ4v) is 1.77. The third-order valence-electron chi connectivity index (χ3n) is 2.65. The lowest BCUT2D eigenvalue weighted by molar-refractivity contribution is -0.123. The van der Waals surface area contributed by atoms with Crippen molar-refractivity contribution in [2.24, 2.45) is 0 Å². The number of carbonyl (C=O) groups is 1. The third-order valence-corrected chi connectivity index (χ3v) is 2.65. The van der Waals surface area contributed by atoms with Crippen molar-refractivity contribution >= 4 is 5.91 Å². The van der Waals surface area contributed by atoms with Gasteiger partial charge in [0.2, 0.25) is 5.91 Å². The highest BCUT2D eigenvalue weighted by molar-refractivity contribution is 5.81. The van der Waals surface area contributed by atoms with Crippen molar-refractivity contribution < 1.29 is 4.79 Å². The molecule has 1 rings (SSSR count). The maximum atomic E-state index is 11.9. The minimum atomic E-state index is -0.0614. The Morgan fingerprint density at radius 1 is 1.24 bits per heavy atom. The predicted octanol–water partition coefficient (Wildman–Crippen LogP) is 2.08. The molecule has 94 valence electrons. The second-order valence-corrected chi connectivity index (χ2v) is 4.10. The Balaban J connectivity index is 2.41. The highest BCUT2D eigenvalue weighted by Crippen LogP contribution is 2.00. The van der Waals surface area contributed by atoms with E-state index in [-0.39, 0.29) is 11.9 Å². The van der Waals surface area contributed by atoms with Crippen molar-refractivity contribution in [3.63, 3.8) is 0 Å². The predicted molar refractivity (Wildman–Crippen MR) is 70.7 cm³/mol. The van der Waals surface area contributed by atoms with E-state index in [1.165, 1.54) is 0 Å². The number of rotatable bonds is 7. The number of likely N-dealkylation sites (N-methyl/N-ethyl adjacent to an activating group) is 1. The maximum Gasteiger partial charge on any atom is 0.237 e. The lowest BCUT2D eigenvalue weighted by Crippen LogP contribution is -2.43. The van der Waals surface area contributed by atoms with Crippen LogP contribution in [0.15, 0.2) is 30.3 Å². The minimum absolute atomic E-state index is 0.0614. The molecule has 3 nitrogen and oxygen atoms in total. The summed E-state index contributed by atoms with van der Waals surface area (Å²) in [5, 5.41) is 6.17. The van der Waals surface area contributed by atoms with Gasteiger partial charge < -0.3 is 10.6 Å². The van der Waals surface area contributed by atoms with Gasteiger partial charge in [-0.15, -0.1) is 0 Å². The fraction of sp³-hybridized carbons (Fsp3) is 0.500. The molecule has 1 atom stereocenters. The van der Waals surface area contributed by atoms with Crippen LogP contribution < -0.4 is 10.6 Å². The van der Waals surface area contributed by atoms with Gasteiger partial charge in [-0.25, -0.2) is 0 Å². The van der Waals surface area contributed by atoms with Crippen molar-refractivity contribution in [2.45, 2.75) is 39.3 Å². The van der Waals surface area contributed by atoms with Crippen LogP contribution in [-0.2, 0) is 11.3 Å². The molecule has 0 saturated carbocycles. The highest BCUT2D eigenvalue weighted by Gasteiger charge is 2.15. The van der Waals surface area contributed by atoms with Crippen molar-refractivity contribution in [3.8, 4) is 0 Å². The zero-order valence-corrected chi connectivity index (χ0v) is 10.7. The Morgan fingerprint density at radius 3 is 2.53 bits per heavy atom. The number of amides is 1. The summed E-state index contributed by atoms with van der Waals surface area (Å²) in [5.74, 6) is 0.0950. The second-order valence-electron chi connectivity index (χ2n) is 4.10. The molecular formula is C14H22N2O. The van der Waals surface area contributed by atoms with E-state index >= 15 is 0 Å². The van der Waals surface area contributed by atoms with Crippen molar-refractivity contribution in [2.75, 3.05) is 6.54 Å². The first-order valence-electron chi connectivity index (χ1n) is 6.33. The molecule has 0 bridgehead atoms. The molecule has 0 aliphatic carbocycles. The van der Waals surface area contributed by atoms with Crippen LogP contribution in [-0.4, -0.2) is 18.5 Å². The van der Waals surface area contributed by atoms with Gasteiger partial charge in [-0.1, -0.05) is 50.6 Å². The number of nitrogens with one attached hydrogen (secondary N) is 2. The van der Waals surface area contributed by atoms with Gasteiger partial charge in [0, 0.05) is 6.54 Å². The molecule has 0 heterocycles. The molecule has 0 aliphatic heterocycles. The summed E-state index contributed by atoms with van der Waals surface area (Å²) < 4.78 is 0. The molecule has 1 amide bonds. The van der Waals surface area contributed by atoms with Crippen LogP contribution in [0.5, 0.6) is 0 Å². The summed E-state index contributed by atoms with van der Waals surface area (Å²) in [6.45, 7) is 5.54. The Bertz CT molecular complexity index is 318. The van der Waals surface area contributed by atoms with Crippen LogP contribution in [0.2, 0.25) is 0 Å². The van der Waals surface area contributed by atoms with E-state index in [1.807, 2.05) is 37.3 Å². The van der Waals surface area contributed by atoms with E-state index in [4.69, 9.17) is 0 Å². The molecule has 0 saturated heterocycles. The first-order valence-corrected chi connectivity index (χ1v) is 6.33. The SMILES string of the molecule is CCCC(NCC)C(=O)NCc1ccccc1. The lowest BCUT2D eigenvalue weighted by atomic mass is 10.1. The van der Waals surface area contributed by atoms with E-state index in [9.17, 15) is 4.79 Å². The van der Waals surface area contributed by atoms with Crippen molar-refractivity contribution in [1.29, 1.82) is 0 Å². The van der Waals surface area contributed by atoms with E-state index in [2.05, 4.69) is 17.6 Å². The van der Waals surface area contributed by atoms with Crippen molar-refractivity contribution in [3.05, 3.63) is 35.9 Å². The van der Waals surface area contributed by atoms with Crippen LogP contribution in [0.25, 0.3) is 0 Å². The van der Waals surface area contributed by atoms with Crippen LogP contribution in [0.3, 0.4) is 0 Å². The molecule has 1 aromatic carbocycles.